The Morgan fingerprint density at radius 1 is 1.67 bits per heavy atom. The number of hydrogen-bond acceptors (Lipinski definition) is 5. The summed E-state index contributed by atoms with van der Waals surface area (Å²) in [4.78, 5) is 2.04. The lowest BCUT2D eigenvalue weighted by Gasteiger charge is -2.21. The molecule has 5 heteroatoms. The van der Waals surface area contributed by atoms with Gasteiger partial charge < -0.3 is 15.7 Å². The molecule has 0 aliphatic carbocycles. The molecule has 1 atom stereocenters. The van der Waals surface area contributed by atoms with E-state index in [0.29, 0.717) is 13.1 Å². The summed E-state index contributed by atoms with van der Waals surface area (Å²) in [5, 5.41) is 17.8. The van der Waals surface area contributed by atoms with Gasteiger partial charge in [0.05, 0.1) is 11.8 Å². The summed E-state index contributed by atoms with van der Waals surface area (Å²) in [6.45, 7) is 3.69. The molecule has 1 saturated heterocycles. The Kier molecular flexibility index (Phi) is 2.58. The van der Waals surface area contributed by atoms with Crippen molar-refractivity contribution in [2.45, 2.75) is 25.5 Å². The molecule has 15 heavy (non-hydrogen) atoms. The van der Waals surface area contributed by atoms with Gasteiger partial charge in [0.2, 0.25) is 0 Å². The normalized spacial score (nSPS) is 25.9. The SMILES string of the molecule is CC1(O)CCN(c2nnccc2CN)C1. The zero-order valence-corrected chi connectivity index (χ0v) is 8.85. The van der Waals surface area contributed by atoms with Crippen molar-refractivity contribution in [3.63, 3.8) is 0 Å². The van der Waals surface area contributed by atoms with Crippen LogP contribution in [0.4, 0.5) is 5.82 Å². The Bertz CT molecular complexity index is 353. The molecular formula is C10H16N4O. The van der Waals surface area contributed by atoms with E-state index >= 15 is 0 Å². The Morgan fingerprint density at radius 3 is 3.07 bits per heavy atom. The maximum atomic E-state index is 9.87. The Morgan fingerprint density at radius 2 is 2.47 bits per heavy atom. The molecule has 1 aliphatic rings. The van der Waals surface area contributed by atoms with Crippen molar-refractivity contribution in [3.05, 3.63) is 17.8 Å². The lowest BCUT2D eigenvalue weighted by molar-refractivity contribution is 0.0839. The monoisotopic (exact) mass is 208 g/mol. The number of nitrogens with two attached hydrogens (primary N) is 1. The van der Waals surface area contributed by atoms with Gasteiger partial charge in [0.1, 0.15) is 0 Å². The Labute approximate surface area is 88.9 Å². The van der Waals surface area contributed by atoms with Crippen LogP contribution in [0.1, 0.15) is 18.9 Å². The number of hydrogen-bond donors (Lipinski definition) is 2. The number of nitrogens with zero attached hydrogens (tertiary/aromatic N) is 3. The molecule has 0 amide bonds. The summed E-state index contributed by atoms with van der Waals surface area (Å²) in [6, 6.07) is 1.87. The lowest BCUT2D eigenvalue weighted by Crippen LogP contribution is -2.30. The highest BCUT2D eigenvalue weighted by Gasteiger charge is 2.32. The van der Waals surface area contributed by atoms with E-state index in [9.17, 15) is 5.11 Å². The van der Waals surface area contributed by atoms with E-state index in [-0.39, 0.29) is 0 Å². The molecule has 3 N–H and O–H groups in total. The first-order valence-electron chi connectivity index (χ1n) is 5.10. The van der Waals surface area contributed by atoms with Gasteiger partial charge in [0, 0.05) is 25.2 Å². The summed E-state index contributed by atoms with van der Waals surface area (Å²) in [5.41, 5.74) is 5.98. The van der Waals surface area contributed by atoms with Crippen LogP contribution >= 0.6 is 0 Å². The number of anilines is 1. The van der Waals surface area contributed by atoms with Gasteiger partial charge >= 0.3 is 0 Å². The van der Waals surface area contributed by atoms with Crippen LogP contribution in [0.3, 0.4) is 0 Å². The highest BCUT2D eigenvalue weighted by atomic mass is 16.3. The van der Waals surface area contributed by atoms with E-state index in [1.54, 1.807) is 6.20 Å². The lowest BCUT2D eigenvalue weighted by atomic mass is 10.1. The molecule has 0 spiro atoms. The van der Waals surface area contributed by atoms with Gasteiger partial charge in [-0.25, -0.2) is 0 Å². The van der Waals surface area contributed by atoms with E-state index in [2.05, 4.69) is 10.2 Å². The minimum Gasteiger partial charge on any atom is -0.388 e. The fraction of sp³-hybridized carbons (Fsp3) is 0.600. The first-order valence-corrected chi connectivity index (χ1v) is 5.10. The van der Waals surface area contributed by atoms with Crippen LogP contribution in [-0.2, 0) is 6.54 Å². The first-order chi connectivity index (χ1) is 7.12. The van der Waals surface area contributed by atoms with Gasteiger partial charge in [-0.3, -0.25) is 0 Å². The molecule has 1 unspecified atom stereocenters. The van der Waals surface area contributed by atoms with Gasteiger partial charge in [-0.1, -0.05) is 0 Å². The minimum atomic E-state index is -0.622. The second-order valence-corrected chi connectivity index (χ2v) is 4.25. The molecule has 2 rings (SSSR count). The molecular weight excluding hydrogens is 192 g/mol. The average Bonchev–Trinajstić information content (AvgIpc) is 2.59. The second kappa shape index (κ2) is 3.75. The van der Waals surface area contributed by atoms with Gasteiger partial charge in [0.15, 0.2) is 5.82 Å². The summed E-state index contributed by atoms with van der Waals surface area (Å²) >= 11 is 0. The third kappa shape index (κ3) is 2.08. The quantitative estimate of drug-likeness (QED) is 0.709. The zero-order valence-electron chi connectivity index (χ0n) is 8.85. The van der Waals surface area contributed by atoms with Crippen molar-refractivity contribution in [1.29, 1.82) is 0 Å². The smallest absolute Gasteiger partial charge is 0.155 e. The van der Waals surface area contributed by atoms with Crippen LogP contribution in [0.2, 0.25) is 0 Å². The van der Waals surface area contributed by atoms with Gasteiger partial charge in [-0.05, 0) is 19.4 Å². The van der Waals surface area contributed by atoms with Crippen LogP contribution in [0.25, 0.3) is 0 Å². The summed E-state index contributed by atoms with van der Waals surface area (Å²) in [7, 11) is 0. The largest absolute Gasteiger partial charge is 0.388 e. The van der Waals surface area contributed by atoms with E-state index < -0.39 is 5.60 Å². The number of aromatic nitrogens is 2. The van der Waals surface area contributed by atoms with E-state index in [1.165, 1.54) is 0 Å². The van der Waals surface area contributed by atoms with Crippen molar-refractivity contribution in [1.82, 2.24) is 10.2 Å². The maximum absolute atomic E-state index is 9.87. The molecule has 2 heterocycles. The van der Waals surface area contributed by atoms with Crippen LogP contribution in [0.15, 0.2) is 12.3 Å². The molecule has 1 aromatic heterocycles. The van der Waals surface area contributed by atoms with Crippen molar-refractivity contribution in [3.8, 4) is 0 Å². The summed E-state index contributed by atoms with van der Waals surface area (Å²) < 4.78 is 0. The number of rotatable bonds is 2. The third-order valence-corrected chi connectivity index (χ3v) is 2.75. The van der Waals surface area contributed by atoms with Crippen molar-refractivity contribution < 1.29 is 5.11 Å². The topological polar surface area (TPSA) is 75.3 Å². The standard InChI is InChI=1S/C10H16N4O/c1-10(15)3-5-14(7-10)9-8(6-11)2-4-12-13-9/h2,4,15H,3,5-7,11H2,1H3. The van der Waals surface area contributed by atoms with Crippen LogP contribution in [-0.4, -0.2) is 34.0 Å². The average molecular weight is 208 g/mol. The highest BCUT2D eigenvalue weighted by Crippen LogP contribution is 2.26. The molecule has 1 aliphatic heterocycles. The Balaban J connectivity index is 2.23. The second-order valence-electron chi connectivity index (χ2n) is 4.25. The molecule has 1 aromatic rings. The third-order valence-electron chi connectivity index (χ3n) is 2.75. The molecule has 0 bridgehead atoms. The fourth-order valence-electron chi connectivity index (χ4n) is 1.90. The molecule has 5 nitrogen and oxygen atoms in total. The fourth-order valence-corrected chi connectivity index (χ4v) is 1.90. The minimum absolute atomic E-state index is 0.448. The van der Waals surface area contributed by atoms with E-state index in [0.717, 1.165) is 24.3 Å². The molecule has 0 radical (unpaired) electrons. The molecule has 0 aromatic carbocycles. The zero-order chi connectivity index (χ0) is 10.9. The molecule has 82 valence electrons. The summed E-state index contributed by atoms with van der Waals surface area (Å²) in [6.07, 6.45) is 2.40. The van der Waals surface area contributed by atoms with Gasteiger partial charge in [0.25, 0.3) is 0 Å². The highest BCUT2D eigenvalue weighted by molar-refractivity contribution is 5.47. The van der Waals surface area contributed by atoms with Crippen molar-refractivity contribution >= 4 is 5.82 Å². The van der Waals surface area contributed by atoms with E-state index in [1.807, 2.05) is 17.9 Å². The maximum Gasteiger partial charge on any atom is 0.155 e. The van der Waals surface area contributed by atoms with Crippen LogP contribution < -0.4 is 10.6 Å². The molecule has 0 saturated carbocycles. The predicted molar refractivity (Wildman–Crippen MR) is 57.4 cm³/mol. The predicted octanol–water partition coefficient (Wildman–Crippen LogP) is -0.104. The first kappa shape index (κ1) is 10.3. The Hall–Kier alpha value is -1.20. The number of β-amino-alcohol motifs (C(OH)–C–C–N with tert-alkyl or cyclic N) is 1. The summed E-state index contributed by atoms with van der Waals surface area (Å²) in [5.74, 6) is 0.803. The number of aliphatic hydroxyl groups is 1. The van der Waals surface area contributed by atoms with Crippen LogP contribution in [0.5, 0.6) is 0 Å². The van der Waals surface area contributed by atoms with Crippen LogP contribution in [0, 0.1) is 0 Å². The van der Waals surface area contributed by atoms with Gasteiger partial charge in [-0.15, -0.1) is 5.10 Å². The van der Waals surface area contributed by atoms with Gasteiger partial charge in [-0.2, -0.15) is 5.10 Å². The molecule has 1 fully saturated rings. The van der Waals surface area contributed by atoms with E-state index in [4.69, 9.17) is 5.73 Å². The van der Waals surface area contributed by atoms with Crippen molar-refractivity contribution in [2.75, 3.05) is 18.0 Å². The van der Waals surface area contributed by atoms with Crippen molar-refractivity contribution in [2.24, 2.45) is 5.73 Å².